The number of anilines is 1. The van der Waals surface area contributed by atoms with Crippen LogP contribution in [0.25, 0.3) is 16.3 Å². The van der Waals surface area contributed by atoms with Gasteiger partial charge in [0.1, 0.15) is 11.5 Å². The first-order chi connectivity index (χ1) is 9.70. The topological polar surface area (TPSA) is 43.8 Å². The molecule has 2 heterocycles. The Morgan fingerprint density at radius 3 is 2.55 bits per heavy atom. The van der Waals surface area contributed by atoms with E-state index in [0.717, 1.165) is 23.4 Å². The third kappa shape index (κ3) is 2.12. The van der Waals surface area contributed by atoms with E-state index in [2.05, 4.69) is 19.1 Å². The molecule has 2 N–H and O–H groups in total. The second-order valence-electron chi connectivity index (χ2n) is 4.73. The quantitative estimate of drug-likeness (QED) is 0.788. The van der Waals surface area contributed by atoms with Gasteiger partial charge in [-0.1, -0.05) is 25.1 Å². The zero-order chi connectivity index (χ0) is 14.1. The molecule has 3 rings (SSSR count). The first-order valence-electron chi connectivity index (χ1n) is 6.70. The second kappa shape index (κ2) is 5.13. The minimum Gasteiger partial charge on any atom is -0.383 e. The van der Waals surface area contributed by atoms with Crippen molar-refractivity contribution in [2.75, 3.05) is 5.73 Å². The minimum absolute atomic E-state index is 0.706. The Morgan fingerprint density at radius 2 is 1.90 bits per heavy atom. The molecule has 0 amide bonds. The zero-order valence-corrected chi connectivity index (χ0v) is 12.4. The maximum absolute atomic E-state index is 6.22. The van der Waals surface area contributed by atoms with E-state index >= 15 is 0 Å². The molecule has 0 aliphatic heterocycles. The van der Waals surface area contributed by atoms with Crippen LogP contribution in [0.1, 0.15) is 17.4 Å². The van der Waals surface area contributed by atoms with E-state index in [1.165, 1.54) is 9.75 Å². The van der Waals surface area contributed by atoms with Gasteiger partial charge in [-0.05, 0) is 37.6 Å². The van der Waals surface area contributed by atoms with Gasteiger partial charge in [-0.2, -0.15) is 5.10 Å². The monoisotopic (exact) mass is 283 g/mol. The number of hydrogen-bond acceptors (Lipinski definition) is 3. The maximum Gasteiger partial charge on any atom is 0.130 e. The molecular formula is C16H17N3S. The number of thiophene rings is 1. The smallest absolute Gasteiger partial charge is 0.130 e. The summed E-state index contributed by atoms with van der Waals surface area (Å²) >= 11 is 1.79. The fraction of sp³-hybridized carbons (Fsp3) is 0.188. The van der Waals surface area contributed by atoms with Gasteiger partial charge in [0, 0.05) is 10.4 Å². The van der Waals surface area contributed by atoms with E-state index in [1.807, 2.05) is 41.9 Å². The Hall–Kier alpha value is -2.07. The molecule has 0 saturated carbocycles. The van der Waals surface area contributed by atoms with Crippen molar-refractivity contribution in [3.8, 4) is 16.3 Å². The second-order valence-corrected chi connectivity index (χ2v) is 5.89. The van der Waals surface area contributed by atoms with E-state index in [9.17, 15) is 0 Å². The average molecular weight is 283 g/mol. The minimum atomic E-state index is 0.706. The van der Waals surface area contributed by atoms with Crippen LogP contribution in [0.3, 0.4) is 0 Å². The molecule has 0 aliphatic rings. The summed E-state index contributed by atoms with van der Waals surface area (Å²) in [5.74, 6) is 0.706. The molecule has 0 atom stereocenters. The number of aromatic nitrogens is 2. The number of hydrogen-bond donors (Lipinski definition) is 1. The van der Waals surface area contributed by atoms with Crippen LogP contribution in [-0.4, -0.2) is 9.78 Å². The number of nitrogen functional groups attached to an aromatic ring is 1. The lowest BCUT2D eigenvalue weighted by atomic mass is 10.2. The molecule has 20 heavy (non-hydrogen) atoms. The third-order valence-electron chi connectivity index (χ3n) is 3.41. The highest BCUT2D eigenvalue weighted by atomic mass is 32.1. The Bertz CT molecular complexity index is 726. The predicted octanol–water partition coefficient (Wildman–Crippen LogP) is 4.05. The predicted molar refractivity (Wildman–Crippen MR) is 85.4 cm³/mol. The Labute approximate surface area is 122 Å². The summed E-state index contributed by atoms with van der Waals surface area (Å²) in [6.45, 7) is 4.20. The summed E-state index contributed by atoms with van der Waals surface area (Å²) in [6.07, 6.45) is 1.05. The standard InChI is InChI=1S/C16H17N3S/c1-3-13-9-10-14(20-13)15-11(2)16(17)19(18-15)12-7-5-4-6-8-12/h4-10H,3,17H2,1-2H3. The van der Waals surface area contributed by atoms with Crippen LogP contribution >= 0.6 is 11.3 Å². The average Bonchev–Trinajstić information content (AvgIpc) is 3.06. The first kappa shape index (κ1) is 12.9. The Balaban J connectivity index is 2.10. The van der Waals surface area contributed by atoms with Crippen LogP contribution in [0.4, 0.5) is 5.82 Å². The van der Waals surface area contributed by atoms with Crippen LogP contribution in [0, 0.1) is 6.92 Å². The fourth-order valence-electron chi connectivity index (χ4n) is 2.20. The molecule has 0 radical (unpaired) electrons. The third-order valence-corrected chi connectivity index (χ3v) is 4.65. The fourth-order valence-corrected chi connectivity index (χ4v) is 3.19. The molecule has 0 bridgehead atoms. The molecule has 0 aliphatic carbocycles. The number of benzene rings is 1. The van der Waals surface area contributed by atoms with Gasteiger partial charge < -0.3 is 5.73 Å². The van der Waals surface area contributed by atoms with Crippen molar-refractivity contribution in [2.24, 2.45) is 0 Å². The highest BCUT2D eigenvalue weighted by Gasteiger charge is 2.15. The number of rotatable bonds is 3. The van der Waals surface area contributed by atoms with Crippen molar-refractivity contribution >= 4 is 17.2 Å². The van der Waals surface area contributed by atoms with E-state index in [1.54, 1.807) is 11.3 Å². The van der Waals surface area contributed by atoms with E-state index in [0.29, 0.717) is 5.82 Å². The molecule has 0 spiro atoms. The van der Waals surface area contributed by atoms with Crippen molar-refractivity contribution in [3.63, 3.8) is 0 Å². The van der Waals surface area contributed by atoms with Crippen molar-refractivity contribution in [1.82, 2.24) is 9.78 Å². The molecule has 0 saturated heterocycles. The first-order valence-corrected chi connectivity index (χ1v) is 7.52. The van der Waals surface area contributed by atoms with Gasteiger partial charge in [0.05, 0.1) is 10.6 Å². The summed E-state index contributed by atoms with van der Waals surface area (Å²) < 4.78 is 1.82. The van der Waals surface area contributed by atoms with Gasteiger partial charge in [-0.15, -0.1) is 11.3 Å². The van der Waals surface area contributed by atoms with E-state index < -0.39 is 0 Å². The molecule has 3 nitrogen and oxygen atoms in total. The lowest BCUT2D eigenvalue weighted by Gasteiger charge is -2.02. The SMILES string of the molecule is CCc1ccc(-c2nn(-c3ccccc3)c(N)c2C)s1. The van der Waals surface area contributed by atoms with E-state index in [4.69, 9.17) is 10.8 Å². The van der Waals surface area contributed by atoms with Gasteiger partial charge >= 0.3 is 0 Å². The zero-order valence-electron chi connectivity index (χ0n) is 11.6. The van der Waals surface area contributed by atoms with Crippen LogP contribution in [0.15, 0.2) is 42.5 Å². The lowest BCUT2D eigenvalue weighted by molar-refractivity contribution is 0.896. The van der Waals surface area contributed by atoms with Gasteiger partial charge in [0.25, 0.3) is 0 Å². The molecule has 0 fully saturated rings. The lowest BCUT2D eigenvalue weighted by Crippen LogP contribution is -2.01. The van der Waals surface area contributed by atoms with Crippen LogP contribution in [-0.2, 0) is 6.42 Å². The van der Waals surface area contributed by atoms with Crippen LogP contribution < -0.4 is 5.73 Å². The molecule has 3 aromatic rings. The van der Waals surface area contributed by atoms with Gasteiger partial charge in [0.15, 0.2) is 0 Å². The molecule has 2 aromatic heterocycles. The van der Waals surface area contributed by atoms with Gasteiger partial charge in [-0.3, -0.25) is 0 Å². The summed E-state index contributed by atoms with van der Waals surface area (Å²) in [7, 11) is 0. The van der Waals surface area contributed by atoms with Gasteiger partial charge in [0.2, 0.25) is 0 Å². The number of nitrogens with two attached hydrogens (primary N) is 1. The summed E-state index contributed by atoms with van der Waals surface area (Å²) in [4.78, 5) is 2.55. The maximum atomic E-state index is 6.22. The van der Waals surface area contributed by atoms with Crippen molar-refractivity contribution in [1.29, 1.82) is 0 Å². The largest absolute Gasteiger partial charge is 0.383 e. The molecule has 102 valence electrons. The number of para-hydroxylation sites is 1. The summed E-state index contributed by atoms with van der Waals surface area (Å²) in [5, 5.41) is 4.70. The highest BCUT2D eigenvalue weighted by molar-refractivity contribution is 7.15. The summed E-state index contributed by atoms with van der Waals surface area (Å²) in [5.41, 5.74) is 9.23. The Morgan fingerprint density at radius 1 is 1.15 bits per heavy atom. The van der Waals surface area contributed by atoms with Crippen LogP contribution in [0.5, 0.6) is 0 Å². The van der Waals surface area contributed by atoms with Crippen molar-refractivity contribution < 1.29 is 0 Å². The Kier molecular flexibility index (Phi) is 3.32. The molecule has 4 heteroatoms. The van der Waals surface area contributed by atoms with Crippen molar-refractivity contribution in [3.05, 3.63) is 52.9 Å². The van der Waals surface area contributed by atoms with Crippen molar-refractivity contribution in [2.45, 2.75) is 20.3 Å². The molecule has 0 unspecified atom stereocenters. The summed E-state index contributed by atoms with van der Waals surface area (Å²) in [6, 6.07) is 14.3. The number of nitrogens with zero attached hydrogens (tertiary/aromatic N) is 2. The van der Waals surface area contributed by atoms with Crippen LogP contribution in [0.2, 0.25) is 0 Å². The highest BCUT2D eigenvalue weighted by Crippen LogP contribution is 2.33. The number of aryl methyl sites for hydroxylation is 1. The van der Waals surface area contributed by atoms with E-state index in [-0.39, 0.29) is 0 Å². The van der Waals surface area contributed by atoms with Gasteiger partial charge in [-0.25, -0.2) is 4.68 Å². The molecular weight excluding hydrogens is 266 g/mol. The normalized spacial score (nSPS) is 10.9. The molecule has 1 aromatic carbocycles.